The Kier molecular flexibility index (Phi) is 19.8. The number of carbonyl (C=O) groups excluding carboxylic acids is 4. The van der Waals surface area contributed by atoms with Gasteiger partial charge in [0.2, 0.25) is 11.8 Å². The number of rotatable bonds is 12. The first-order valence-electron chi connectivity index (χ1n) is 19.7. The number of nitrogens with one attached hydrogen (secondary N) is 2. The van der Waals surface area contributed by atoms with E-state index < -0.39 is 23.7 Å². The normalized spacial score (nSPS) is 17.8. The molecule has 0 radical (unpaired) electrons. The Morgan fingerprint density at radius 3 is 1.31 bits per heavy atom. The van der Waals surface area contributed by atoms with E-state index in [0.29, 0.717) is 26.1 Å². The minimum absolute atomic E-state index is 0. The van der Waals surface area contributed by atoms with E-state index in [0.717, 1.165) is 73.0 Å². The number of likely N-dealkylation sites (tertiary alicyclic amines) is 2. The Hall–Kier alpha value is -4.41. The Bertz CT molecular complexity index is 2040. The van der Waals surface area contributed by atoms with Crippen LogP contribution in [-0.4, -0.2) is 58.7 Å². The zero-order valence-electron chi connectivity index (χ0n) is 35.0. The van der Waals surface area contributed by atoms with Crippen molar-refractivity contribution in [3.63, 3.8) is 0 Å². The summed E-state index contributed by atoms with van der Waals surface area (Å²) in [6.07, 6.45) is 0.923. The zero-order valence-corrected chi connectivity index (χ0v) is 35.0. The Morgan fingerprint density at radius 1 is 0.607 bits per heavy atom. The van der Waals surface area contributed by atoms with Crippen molar-refractivity contribution in [2.75, 3.05) is 13.1 Å². The van der Waals surface area contributed by atoms with Crippen LogP contribution in [0.3, 0.4) is 0 Å². The molecule has 314 valence electrons. The van der Waals surface area contributed by atoms with Gasteiger partial charge in [-0.3, -0.25) is 19.4 Å². The predicted molar refractivity (Wildman–Crippen MR) is 209 cm³/mol. The summed E-state index contributed by atoms with van der Waals surface area (Å²) in [5.41, 5.74) is 2.79. The maximum atomic E-state index is 13.1. The first-order valence-corrected chi connectivity index (χ1v) is 19.7. The van der Waals surface area contributed by atoms with E-state index in [-0.39, 0.29) is 90.6 Å². The number of carboxylic acid groups (broad SMARTS) is 2. The van der Waals surface area contributed by atoms with Gasteiger partial charge in [-0.1, -0.05) is 85.6 Å². The number of nitrogens with zero attached hydrogens (tertiary/aromatic N) is 2. The number of carbonyl (C=O) groups is 4. The molecule has 4 aromatic rings. The van der Waals surface area contributed by atoms with Crippen LogP contribution in [0.1, 0.15) is 113 Å². The smallest absolute Gasteiger partial charge is 0.545 e. The molecular weight excluding hydrogens is 782 g/mol. The molecule has 1 unspecified atom stereocenters. The average molecular weight is 831 g/mol. The van der Waals surface area contributed by atoms with Crippen LogP contribution in [0.2, 0.25) is 0 Å². The molecule has 2 saturated heterocycles. The molecule has 0 aromatic heterocycles. The second-order valence-electron chi connectivity index (χ2n) is 15.1. The van der Waals surface area contributed by atoms with E-state index in [1.165, 1.54) is 48.5 Å². The van der Waals surface area contributed by atoms with Crippen molar-refractivity contribution in [2.45, 2.75) is 95.8 Å². The summed E-state index contributed by atoms with van der Waals surface area (Å²) in [5.74, 6) is -2.94. The summed E-state index contributed by atoms with van der Waals surface area (Å²) in [7, 11) is 0. The van der Waals surface area contributed by atoms with Crippen molar-refractivity contribution in [1.29, 1.82) is 0 Å². The van der Waals surface area contributed by atoms with Crippen molar-refractivity contribution in [3.05, 3.63) is 142 Å². The maximum absolute atomic E-state index is 13.1. The van der Waals surface area contributed by atoms with Gasteiger partial charge < -0.3 is 30.4 Å². The Morgan fingerprint density at radius 2 is 0.967 bits per heavy atom. The first-order chi connectivity index (χ1) is 28.1. The summed E-state index contributed by atoms with van der Waals surface area (Å²) in [6, 6.07) is 22.7. The number of alkyl halides is 3. The average Bonchev–Trinajstić information content (AvgIpc) is 3.22. The molecule has 0 bridgehead atoms. The van der Waals surface area contributed by atoms with Crippen LogP contribution in [0.15, 0.2) is 97.1 Å². The molecular formula is C45H48F4Li2N4O6. The molecule has 2 heterocycles. The fourth-order valence-electron chi connectivity index (χ4n) is 7.41. The first kappa shape index (κ1) is 50.9. The fourth-order valence-corrected chi connectivity index (χ4v) is 7.41. The minimum atomic E-state index is -4.37. The topological polar surface area (TPSA) is 145 Å². The van der Waals surface area contributed by atoms with Crippen LogP contribution in [-0.2, 0) is 28.9 Å². The molecule has 0 aliphatic carbocycles. The number of hydrogen-bond donors (Lipinski definition) is 2. The maximum Gasteiger partial charge on any atom is 1.00 e. The van der Waals surface area contributed by atoms with E-state index in [9.17, 15) is 47.0 Å². The van der Waals surface area contributed by atoms with Crippen LogP contribution in [0, 0.1) is 5.82 Å². The van der Waals surface area contributed by atoms with Gasteiger partial charge in [0, 0.05) is 13.1 Å². The SMILES string of the molecule is C[C@H](NC(=O)C1CCCCN1Cc1ccc(C(F)(F)F)cc1)c1ccc(C(=O)[O-])cc1.C[C@H](NC(=O)[C@H]1CCCCN1Cc1ccc(F)cc1)c1ccc(C(=O)[O-])cc1.[Li+].[Li+]. The number of benzene rings is 4. The molecule has 2 N–H and O–H groups in total. The minimum Gasteiger partial charge on any atom is -0.545 e. The van der Waals surface area contributed by atoms with Gasteiger partial charge in [-0.25, -0.2) is 4.39 Å². The molecule has 4 aromatic carbocycles. The molecule has 0 saturated carbocycles. The molecule has 16 heteroatoms. The van der Waals surface area contributed by atoms with Gasteiger partial charge >= 0.3 is 43.9 Å². The number of carboxylic acids is 2. The van der Waals surface area contributed by atoms with Gasteiger partial charge in [-0.05, 0) is 110 Å². The number of piperidine rings is 2. The largest absolute Gasteiger partial charge is 1.00 e. The van der Waals surface area contributed by atoms with Crippen molar-refractivity contribution in [3.8, 4) is 0 Å². The standard InChI is InChI=1S/C23H25F3N2O3.C22H25FN2O3.2Li/c1-15(17-7-9-18(10-8-17)22(30)31)27-21(29)20-4-2-3-13-28(20)14-16-5-11-19(12-6-16)23(24,25)26;1-15(17-7-9-18(10-8-17)22(27)28)24-21(26)20-4-2-3-13-25(20)14-16-5-11-19(23)12-6-16;;/h5-12,15,20H,2-4,13-14H2,1H3,(H,27,29)(H,30,31);5-12,15,20H,2-4,13-14H2,1H3,(H,24,26)(H,27,28);;/q;;2*+1/p-2/t15-,20?;15-,20+;;/m00../s1. The Balaban J connectivity index is 0.000000316. The third-order valence-corrected chi connectivity index (χ3v) is 10.8. The van der Waals surface area contributed by atoms with Gasteiger partial charge in [0.05, 0.1) is 41.7 Å². The van der Waals surface area contributed by atoms with Gasteiger partial charge in [0.25, 0.3) is 0 Å². The second kappa shape index (κ2) is 23.7. The number of amides is 2. The molecule has 0 spiro atoms. The summed E-state index contributed by atoms with van der Waals surface area (Å²) in [6.45, 7) is 6.20. The molecule has 6 rings (SSSR count). The van der Waals surface area contributed by atoms with E-state index in [4.69, 9.17) is 0 Å². The number of aromatic carboxylic acids is 2. The molecule has 2 amide bonds. The van der Waals surface area contributed by atoms with Gasteiger partial charge in [-0.15, -0.1) is 0 Å². The van der Waals surface area contributed by atoms with Crippen molar-refractivity contribution < 1.29 is 84.7 Å². The summed E-state index contributed by atoms with van der Waals surface area (Å²) in [5, 5.41) is 27.7. The molecule has 10 nitrogen and oxygen atoms in total. The molecule has 61 heavy (non-hydrogen) atoms. The van der Waals surface area contributed by atoms with Crippen molar-refractivity contribution in [1.82, 2.24) is 20.4 Å². The van der Waals surface area contributed by atoms with E-state index in [2.05, 4.69) is 15.5 Å². The van der Waals surface area contributed by atoms with E-state index in [1.54, 1.807) is 36.4 Å². The summed E-state index contributed by atoms with van der Waals surface area (Å²) >= 11 is 0. The van der Waals surface area contributed by atoms with Crippen LogP contribution in [0.25, 0.3) is 0 Å². The van der Waals surface area contributed by atoms with Crippen molar-refractivity contribution >= 4 is 23.8 Å². The summed E-state index contributed by atoms with van der Waals surface area (Å²) < 4.78 is 51.5. The van der Waals surface area contributed by atoms with E-state index >= 15 is 0 Å². The molecule has 4 atom stereocenters. The number of halogens is 4. The third-order valence-electron chi connectivity index (χ3n) is 10.8. The number of hydrogen-bond acceptors (Lipinski definition) is 8. The van der Waals surface area contributed by atoms with Crippen LogP contribution in [0.5, 0.6) is 0 Å². The fraction of sp³-hybridized carbons (Fsp3) is 0.378. The van der Waals surface area contributed by atoms with Crippen LogP contribution < -0.4 is 58.6 Å². The second-order valence-corrected chi connectivity index (χ2v) is 15.1. The molecule has 2 aliphatic rings. The van der Waals surface area contributed by atoms with E-state index in [1.807, 2.05) is 18.7 Å². The van der Waals surface area contributed by atoms with Crippen molar-refractivity contribution in [2.24, 2.45) is 0 Å². The third kappa shape index (κ3) is 14.9. The quantitative estimate of drug-likeness (QED) is 0.147. The summed E-state index contributed by atoms with van der Waals surface area (Å²) in [4.78, 5) is 51.7. The zero-order chi connectivity index (χ0) is 42.7. The monoisotopic (exact) mass is 830 g/mol. The molecule has 2 aliphatic heterocycles. The van der Waals surface area contributed by atoms with Gasteiger partial charge in [0.1, 0.15) is 5.82 Å². The van der Waals surface area contributed by atoms with Gasteiger partial charge in [0.15, 0.2) is 0 Å². The predicted octanol–water partition coefficient (Wildman–Crippen LogP) is -0.270. The van der Waals surface area contributed by atoms with Gasteiger partial charge in [-0.2, -0.15) is 13.2 Å². The Labute approximate surface area is 377 Å². The van der Waals surface area contributed by atoms with Crippen LogP contribution >= 0.6 is 0 Å². The van der Waals surface area contributed by atoms with Crippen LogP contribution in [0.4, 0.5) is 17.6 Å². The molecule has 2 fully saturated rings.